The van der Waals surface area contributed by atoms with Crippen molar-refractivity contribution in [2.24, 2.45) is 0 Å². The highest BCUT2D eigenvalue weighted by molar-refractivity contribution is 7.85. The van der Waals surface area contributed by atoms with E-state index in [4.69, 9.17) is 9.45 Å². The molecule has 0 aliphatic rings. The largest absolute Gasteiger partial charge is 0.520 e. The lowest BCUT2D eigenvalue weighted by molar-refractivity contribution is -0.717. The zero-order chi connectivity index (χ0) is 9.99. The lowest BCUT2D eigenvalue weighted by atomic mass is 13.1. The van der Waals surface area contributed by atoms with Gasteiger partial charge in [0, 0.05) is 0 Å². The van der Waals surface area contributed by atoms with Gasteiger partial charge in [-0.3, -0.25) is 4.55 Å². The summed E-state index contributed by atoms with van der Waals surface area (Å²) in [5, 5.41) is 7.65. The van der Waals surface area contributed by atoms with Gasteiger partial charge in [0.1, 0.15) is 0 Å². The van der Waals surface area contributed by atoms with Gasteiger partial charge in [0.05, 0.1) is 0 Å². The van der Waals surface area contributed by atoms with Gasteiger partial charge in [-0.15, -0.1) is 14.1 Å². The average Bonchev–Trinajstić information content (AvgIpc) is 1.48. The van der Waals surface area contributed by atoms with Crippen LogP contribution in [0.4, 0.5) is 0 Å². The molecular formula is H2NO9PS. The monoisotopic (exact) mass is 223 g/mol. The van der Waals surface area contributed by atoms with Crippen LogP contribution >= 0.6 is 7.82 Å². The van der Waals surface area contributed by atoms with Crippen LogP contribution in [0.15, 0.2) is 0 Å². The predicted molar refractivity (Wildman–Crippen MR) is 30.5 cm³/mol. The SMILES string of the molecule is O=[N+]([O-])OP(=O)(O)OS(=O)(=O)O. The Bertz CT molecular complexity index is 311. The van der Waals surface area contributed by atoms with E-state index >= 15 is 0 Å². The Hall–Kier alpha value is -0.740. The summed E-state index contributed by atoms with van der Waals surface area (Å²) in [4.78, 5) is 17.5. The Morgan fingerprint density at radius 1 is 1.50 bits per heavy atom. The normalized spacial score (nSPS) is 16.5. The van der Waals surface area contributed by atoms with Gasteiger partial charge < -0.3 is 4.89 Å². The summed E-state index contributed by atoms with van der Waals surface area (Å²) in [6, 6.07) is 0. The fraction of sp³-hybridized carbons (Fsp3) is 0. The minimum atomic E-state index is -5.41. The molecule has 10 nitrogen and oxygen atoms in total. The molecule has 0 amide bonds. The quantitative estimate of drug-likeness (QED) is 0.267. The maximum Gasteiger partial charge on any atom is 0.520 e. The summed E-state index contributed by atoms with van der Waals surface area (Å²) in [7, 11) is -10.7. The van der Waals surface area contributed by atoms with E-state index in [9.17, 15) is 23.1 Å². The van der Waals surface area contributed by atoms with Crippen molar-refractivity contribution in [1.82, 2.24) is 0 Å². The molecule has 12 heavy (non-hydrogen) atoms. The number of rotatable bonds is 4. The van der Waals surface area contributed by atoms with E-state index in [1.54, 1.807) is 0 Å². The van der Waals surface area contributed by atoms with Gasteiger partial charge in [-0.1, -0.05) is 0 Å². The average molecular weight is 223 g/mol. The second-order valence-corrected chi connectivity index (χ2v) is 3.83. The molecule has 0 heterocycles. The molecular weight excluding hydrogens is 221 g/mol. The van der Waals surface area contributed by atoms with Gasteiger partial charge in [-0.25, -0.2) is 4.57 Å². The van der Waals surface area contributed by atoms with E-state index in [0.29, 0.717) is 0 Å². The first-order chi connectivity index (χ1) is 5.12. The van der Waals surface area contributed by atoms with Gasteiger partial charge in [-0.2, -0.15) is 13.0 Å². The summed E-state index contributed by atoms with van der Waals surface area (Å²) in [5.74, 6) is 0. The minimum Gasteiger partial charge on any atom is -0.304 e. The first-order valence-corrected chi connectivity index (χ1v) is 4.84. The van der Waals surface area contributed by atoms with Crippen molar-refractivity contribution in [3.8, 4) is 0 Å². The number of phosphoric acid groups is 1. The van der Waals surface area contributed by atoms with Gasteiger partial charge in [0.25, 0.3) is 0 Å². The van der Waals surface area contributed by atoms with Crippen LogP contribution in [-0.2, 0) is 23.6 Å². The fourth-order valence-corrected chi connectivity index (χ4v) is 1.45. The molecule has 72 valence electrons. The minimum absolute atomic E-state index is 1.74. The Labute approximate surface area is 65.4 Å². The number of hydrogen-bond acceptors (Lipinski definition) is 7. The van der Waals surface area contributed by atoms with Crippen molar-refractivity contribution >= 4 is 18.2 Å². The molecule has 0 radical (unpaired) electrons. The molecule has 0 aliphatic carbocycles. The Morgan fingerprint density at radius 3 is 2.17 bits per heavy atom. The molecule has 1 atom stereocenters. The second kappa shape index (κ2) is 3.33. The highest BCUT2D eigenvalue weighted by Gasteiger charge is 2.31. The molecule has 2 N–H and O–H groups in total. The molecule has 0 aromatic rings. The maximum absolute atomic E-state index is 10.2. The molecule has 1 unspecified atom stereocenters. The van der Waals surface area contributed by atoms with Crippen LogP contribution in [-0.4, -0.2) is 23.0 Å². The number of hydrogen-bond donors (Lipinski definition) is 2. The summed E-state index contributed by atoms with van der Waals surface area (Å²) < 4.78 is 43.2. The van der Waals surface area contributed by atoms with Crippen LogP contribution in [0.2, 0.25) is 0 Å². The highest BCUT2D eigenvalue weighted by atomic mass is 32.3. The highest BCUT2D eigenvalue weighted by Crippen LogP contribution is 2.44. The Morgan fingerprint density at radius 2 is 1.92 bits per heavy atom. The molecule has 0 aromatic carbocycles. The van der Waals surface area contributed by atoms with E-state index in [1.807, 2.05) is 0 Å². The summed E-state index contributed by atoms with van der Waals surface area (Å²) in [5.41, 5.74) is 0. The van der Waals surface area contributed by atoms with E-state index in [2.05, 4.69) is 8.59 Å². The van der Waals surface area contributed by atoms with E-state index < -0.39 is 23.3 Å². The molecule has 0 aromatic heterocycles. The van der Waals surface area contributed by atoms with Crippen LogP contribution in [0, 0.1) is 10.1 Å². The third kappa shape index (κ3) is 6.00. The van der Waals surface area contributed by atoms with Crippen molar-refractivity contribution < 1.29 is 36.1 Å². The van der Waals surface area contributed by atoms with Gasteiger partial charge >= 0.3 is 23.3 Å². The molecule has 0 aliphatic heterocycles. The zero-order valence-corrected chi connectivity index (χ0v) is 6.77. The van der Waals surface area contributed by atoms with E-state index in [-0.39, 0.29) is 0 Å². The summed E-state index contributed by atoms with van der Waals surface area (Å²) in [6.45, 7) is 0. The fourth-order valence-electron chi connectivity index (χ4n) is 0.217. The molecule has 0 saturated heterocycles. The summed E-state index contributed by atoms with van der Waals surface area (Å²) >= 11 is 0. The van der Waals surface area contributed by atoms with Gasteiger partial charge in [0.15, 0.2) is 0 Å². The molecule has 0 fully saturated rings. The molecule has 0 spiro atoms. The maximum atomic E-state index is 10.2. The molecule has 0 saturated carbocycles. The first-order valence-electron chi connectivity index (χ1n) is 1.98. The standard InChI is InChI=1S/H2NO9PS/c2-1(3)9-11(4,5)10-12(6,7)8/h(H,4,5)(H,6,7,8). The smallest absolute Gasteiger partial charge is 0.304 e. The third-order valence-corrected chi connectivity index (χ3v) is 2.20. The molecule has 0 rings (SSSR count). The van der Waals surface area contributed by atoms with E-state index in [1.165, 1.54) is 0 Å². The van der Waals surface area contributed by atoms with Crippen LogP contribution in [0.1, 0.15) is 0 Å². The van der Waals surface area contributed by atoms with Gasteiger partial charge in [-0.05, 0) is 0 Å². The van der Waals surface area contributed by atoms with Crippen molar-refractivity contribution in [2.75, 3.05) is 0 Å². The van der Waals surface area contributed by atoms with Gasteiger partial charge in [0.2, 0.25) is 0 Å². The van der Waals surface area contributed by atoms with E-state index in [0.717, 1.165) is 0 Å². The van der Waals surface area contributed by atoms with Crippen LogP contribution < -0.4 is 0 Å². The van der Waals surface area contributed by atoms with Crippen LogP contribution in [0.3, 0.4) is 0 Å². The molecule has 12 heteroatoms. The van der Waals surface area contributed by atoms with Crippen LogP contribution in [0.25, 0.3) is 0 Å². The number of nitrogens with zero attached hydrogens (tertiary/aromatic N) is 1. The third-order valence-electron chi connectivity index (χ3n) is 0.358. The van der Waals surface area contributed by atoms with Crippen molar-refractivity contribution in [3.63, 3.8) is 0 Å². The topological polar surface area (TPSA) is 153 Å². The predicted octanol–water partition coefficient (Wildman–Crippen LogP) is -0.885. The molecule has 0 bridgehead atoms. The summed E-state index contributed by atoms with van der Waals surface area (Å²) in [6.07, 6.45) is 0. The lowest BCUT2D eigenvalue weighted by Crippen LogP contribution is -2.06. The zero-order valence-electron chi connectivity index (χ0n) is 5.05. The second-order valence-electron chi connectivity index (χ2n) is 1.28. The Kier molecular flexibility index (Phi) is 3.12. The first kappa shape index (κ1) is 11.3. The lowest BCUT2D eigenvalue weighted by Gasteiger charge is -2.03. The van der Waals surface area contributed by atoms with Crippen molar-refractivity contribution in [2.45, 2.75) is 0 Å². The van der Waals surface area contributed by atoms with Crippen LogP contribution in [0.5, 0.6) is 0 Å². The van der Waals surface area contributed by atoms with Crippen molar-refractivity contribution in [1.29, 1.82) is 0 Å². The Balaban J connectivity index is 4.45. The van der Waals surface area contributed by atoms with Crippen molar-refractivity contribution in [3.05, 3.63) is 10.1 Å².